The van der Waals surface area contributed by atoms with Crippen molar-refractivity contribution in [2.45, 2.75) is 71.0 Å². The molecule has 67 heavy (non-hydrogen) atoms. The molecule has 2 aromatic carbocycles. The minimum Gasteiger partial charge on any atom is -0.388 e. The number of pyridine rings is 2. The van der Waals surface area contributed by atoms with Crippen LogP contribution in [0.1, 0.15) is 79.2 Å². The Morgan fingerprint density at radius 3 is 2.40 bits per heavy atom. The largest absolute Gasteiger partial charge is 0.388 e. The van der Waals surface area contributed by atoms with E-state index in [0.717, 1.165) is 71.7 Å². The summed E-state index contributed by atoms with van der Waals surface area (Å²) in [4.78, 5) is 63.9. The fourth-order valence-corrected chi connectivity index (χ4v) is 10.6. The van der Waals surface area contributed by atoms with Gasteiger partial charge >= 0.3 is 0 Å². The van der Waals surface area contributed by atoms with Crippen molar-refractivity contribution in [3.05, 3.63) is 117 Å². The van der Waals surface area contributed by atoms with Gasteiger partial charge in [0.25, 0.3) is 11.5 Å². The van der Waals surface area contributed by atoms with Crippen molar-refractivity contribution in [1.82, 2.24) is 34.1 Å². The number of benzene rings is 2. The lowest BCUT2D eigenvalue weighted by Crippen LogP contribution is -2.54. The number of rotatable bonds is 11. The van der Waals surface area contributed by atoms with E-state index in [2.05, 4.69) is 66.2 Å². The van der Waals surface area contributed by atoms with Crippen molar-refractivity contribution in [3.63, 3.8) is 0 Å². The summed E-state index contributed by atoms with van der Waals surface area (Å²) in [6.45, 7) is 11.8. The molecule has 4 aliphatic heterocycles. The summed E-state index contributed by atoms with van der Waals surface area (Å²) >= 11 is 0. The minimum atomic E-state index is -0.576. The van der Waals surface area contributed by atoms with Gasteiger partial charge < -0.3 is 25.0 Å². The van der Waals surface area contributed by atoms with Crippen molar-refractivity contribution in [1.29, 1.82) is 0 Å². The lowest BCUT2D eigenvalue weighted by Gasteiger charge is -2.43. The van der Waals surface area contributed by atoms with Crippen molar-refractivity contribution in [2.24, 2.45) is 13.0 Å². The van der Waals surface area contributed by atoms with E-state index < -0.39 is 11.9 Å². The SMILES string of the molecule is CNc1ccn(-c2ccnc3c2cc([C@H](C)N2CC=C(c4c(C)cc(C(=O)N5CCC(CN6CCN(c7ccc(NC8CCC(=O)NC8=O)cc7F)CC6C)CC5)cc4F)CC2)n3C)c(=O)c1. The molecule has 7 heterocycles. The number of nitrogens with one attached hydrogen (secondary N) is 3. The van der Waals surface area contributed by atoms with Crippen molar-refractivity contribution in [2.75, 3.05) is 74.9 Å². The number of fused-ring (bicyclic) bond motifs is 1. The molecule has 16 heteroatoms. The Hall–Kier alpha value is -6.39. The Bertz CT molecular complexity index is 2790. The fraction of sp³-hybridized carbons (Fsp3) is 0.431. The van der Waals surface area contributed by atoms with E-state index in [1.807, 2.05) is 37.1 Å². The minimum absolute atomic E-state index is 0.0251. The second-order valence-corrected chi connectivity index (χ2v) is 18.7. The van der Waals surface area contributed by atoms with Gasteiger partial charge in [0.15, 0.2) is 0 Å². The van der Waals surface area contributed by atoms with E-state index in [0.29, 0.717) is 74.0 Å². The molecule has 2 unspecified atom stereocenters. The van der Waals surface area contributed by atoms with E-state index in [-0.39, 0.29) is 47.5 Å². The zero-order chi connectivity index (χ0) is 47.1. The van der Waals surface area contributed by atoms with Crippen LogP contribution in [0.15, 0.2) is 77.9 Å². The zero-order valence-electron chi connectivity index (χ0n) is 38.9. The van der Waals surface area contributed by atoms with Gasteiger partial charge in [0, 0.05) is 137 Å². The molecule has 3 fully saturated rings. The number of carbonyl (C=O) groups excluding carboxylic acids is 3. The Labute approximate surface area is 389 Å². The molecule has 3 saturated heterocycles. The number of nitrogens with zero attached hydrogens (tertiary/aromatic N) is 7. The van der Waals surface area contributed by atoms with Gasteiger partial charge in [0.05, 0.1) is 11.4 Å². The number of piperidine rings is 2. The molecule has 0 radical (unpaired) electrons. The summed E-state index contributed by atoms with van der Waals surface area (Å²) in [6, 6.07) is 15.3. The molecule has 3 aromatic heterocycles. The van der Waals surface area contributed by atoms with Crippen molar-refractivity contribution >= 4 is 51.4 Å². The first-order valence-electron chi connectivity index (χ1n) is 23.5. The van der Waals surface area contributed by atoms with Gasteiger partial charge in [-0.2, -0.15) is 0 Å². The monoisotopic (exact) mass is 914 g/mol. The molecule has 3 atom stereocenters. The number of aromatic nitrogens is 3. The van der Waals surface area contributed by atoms with Crippen LogP contribution in [0.4, 0.5) is 25.8 Å². The van der Waals surface area contributed by atoms with Crippen LogP contribution < -0.4 is 26.4 Å². The molecule has 3 N–H and O–H groups in total. The third-order valence-corrected chi connectivity index (χ3v) is 14.5. The number of halogens is 2. The van der Waals surface area contributed by atoms with Crippen LogP contribution in [0.2, 0.25) is 0 Å². The number of imide groups is 1. The third-order valence-electron chi connectivity index (χ3n) is 14.5. The van der Waals surface area contributed by atoms with Crippen LogP contribution in [0.3, 0.4) is 0 Å². The highest BCUT2D eigenvalue weighted by Crippen LogP contribution is 2.35. The first-order chi connectivity index (χ1) is 32.3. The molecule has 4 aliphatic rings. The van der Waals surface area contributed by atoms with E-state index in [4.69, 9.17) is 0 Å². The van der Waals surface area contributed by atoms with Gasteiger partial charge in [0.2, 0.25) is 11.8 Å². The van der Waals surface area contributed by atoms with E-state index in [1.165, 1.54) is 12.1 Å². The van der Waals surface area contributed by atoms with Crippen LogP contribution in [0.25, 0.3) is 22.3 Å². The van der Waals surface area contributed by atoms with Crippen LogP contribution in [0.5, 0.6) is 0 Å². The Morgan fingerprint density at radius 2 is 1.72 bits per heavy atom. The lowest BCUT2D eigenvalue weighted by atomic mass is 9.92. The number of likely N-dealkylation sites (tertiary alicyclic amines) is 1. The summed E-state index contributed by atoms with van der Waals surface area (Å²) in [5, 5.41) is 9.29. The average Bonchev–Trinajstić information content (AvgIpc) is 3.66. The molecule has 0 spiro atoms. The molecular formula is C51H60F2N10O4. The van der Waals surface area contributed by atoms with Gasteiger partial charge in [-0.25, -0.2) is 13.8 Å². The quantitative estimate of drug-likeness (QED) is 0.126. The maximum absolute atomic E-state index is 16.1. The highest BCUT2D eigenvalue weighted by Gasteiger charge is 2.32. The summed E-state index contributed by atoms with van der Waals surface area (Å²) in [5.74, 6) is -1.14. The molecule has 0 saturated carbocycles. The molecule has 0 aliphatic carbocycles. The maximum atomic E-state index is 16.1. The van der Waals surface area contributed by atoms with E-state index in [1.54, 1.807) is 42.2 Å². The summed E-state index contributed by atoms with van der Waals surface area (Å²) in [6.07, 6.45) is 8.61. The van der Waals surface area contributed by atoms with Crippen LogP contribution in [0, 0.1) is 24.5 Å². The maximum Gasteiger partial charge on any atom is 0.257 e. The second kappa shape index (κ2) is 19.1. The van der Waals surface area contributed by atoms with Crippen molar-refractivity contribution in [3.8, 4) is 5.69 Å². The van der Waals surface area contributed by atoms with Crippen LogP contribution in [-0.4, -0.2) is 118 Å². The standard InChI is InChI=1S/C51H60F2N10O4/c1-31-24-36(25-41(53)48(31)35-13-19-59(20-14-35)33(3)45-28-39-43(10-16-55-49(39)58(45)5)63-21-15-37(54-4)27-47(63)65)51(67)60-17-11-34(12-18-60)30-61-22-23-62(29-32(61)2)44-8-6-38(26-40(44)52)56-42-7-9-46(64)57-50(42)66/h6,8,10,13,15-16,21,24-28,32-34,42,54,56H,7,9,11-12,14,17-20,22-23,29-30H2,1-5H3,(H,57,64,66)/t32?,33-,42?/m0/s1. The van der Waals surface area contributed by atoms with Gasteiger partial charge in [-0.15, -0.1) is 0 Å². The van der Waals surface area contributed by atoms with E-state index >= 15 is 8.78 Å². The van der Waals surface area contributed by atoms with Crippen LogP contribution in [-0.2, 0) is 16.6 Å². The highest BCUT2D eigenvalue weighted by atomic mass is 19.1. The second-order valence-electron chi connectivity index (χ2n) is 18.7. The molecule has 14 nitrogen and oxygen atoms in total. The Balaban J connectivity index is 0.773. The average molecular weight is 915 g/mol. The van der Waals surface area contributed by atoms with E-state index in [9.17, 15) is 19.2 Å². The van der Waals surface area contributed by atoms with Gasteiger partial charge in [-0.05, 0) is 112 Å². The molecule has 5 aromatic rings. The fourth-order valence-electron chi connectivity index (χ4n) is 10.6. The zero-order valence-corrected chi connectivity index (χ0v) is 38.9. The third kappa shape index (κ3) is 9.33. The Morgan fingerprint density at radius 1 is 0.910 bits per heavy atom. The molecule has 352 valence electrons. The smallest absolute Gasteiger partial charge is 0.257 e. The summed E-state index contributed by atoms with van der Waals surface area (Å²) < 4.78 is 35.2. The van der Waals surface area contributed by atoms with Gasteiger partial charge in [-0.3, -0.25) is 38.9 Å². The molecular weight excluding hydrogens is 855 g/mol. The summed E-state index contributed by atoms with van der Waals surface area (Å²) in [7, 11) is 3.78. The molecule has 0 bridgehead atoms. The molecule has 9 rings (SSSR count). The number of hydrogen-bond acceptors (Lipinski definition) is 10. The van der Waals surface area contributed by atoms with Crippen molar-refractivity contribution < 1.29 is 23.2 Å². The highest BCUT2D eigenvalue weighted by molar-refractivity contribution is 6.01. The topological polar surface area (TPSA) is 140 Å². The Kier molecular flexibility index (Phi) is 13.0. The van der Waals surface area contributed by atoms with Crippen LogP contribution >= 0.6 is 0 Å². The molecule has 3 amide bonds. The predicted molar refractivity (Wildman–Crippen MR) is 258 cm³/mol. The summed E-state index contributed by atoms with van der Waals surface area (Å²) in [5.41, 5.74) is 6.93. The first kappa shape index (κ1) is 45.8. The lowest BCUT2D eigenvalue weighted by molar-refractivity contribution is -0.133. The number of hydrogen-bond donors (Lipinski definition) is 3. The normalized spacial score (nSPS) is 20.5. The predicted octanol–water partition coefficient (Wildman–Crippen LogP) is 6.48. The first-order valence-corrected chi connectivity index (χ1v) is 23.5. The number of carbonyl (C=O) groups is 3. The number of piperazine rings is 1. The number of anilines is 3. The number of amides is 3. The number of aryl methyl sites for hydroxylation is 2. The van der Waals surface area contributed by atoms with Gasteiger partial charge in [-0.1, -0.05) is 6.08 Å². The van der Waals surface area contributed by atoms with Gasteiger partial charge in [0.1, 0.15) is 23.3 Å².